The number of fused-ring (bicyclic) bond motifs is 2. The number of carbonyl (C=O) groups excluding carboxylic acids is 1. The maximum absolute atomic E-state index is 12.8. The fraction of sp³-hybridized carbons (Fsp3) is 0.444. The number of likely N-dealkylation sites (N-methyl/N-ethyl adjacent to an activating group) is 1. The van der Waals surface area contributed by atoms with Gasteiger partial charge in [-0.2, -0.15) is 5.10 Å². The molecule has 1 aromatic heterocycles. The molecule has 23 heavy (non-hydrogen) atoms. The van der Waals surface area contributed by atoms with Crippen LogP contribution in [0.2, 0.25) is 0 Å². The number of nitrogens with one attached hydrogen (secondary N) is 1. The van der Waals surface area contributed by atoms with Crippen LogP contribution in [0.4, 0.5) is 0 Å². The summed E-state index contributed by atoms with van der Waals surface area (Å²) in [5, 5.41) is 7.27. The molecule has 2 atom stereocenters. The monoisotopic (exact) mass is 311 g/mol. The third-order valence-electron chi connectivity index (χ3n) is 5.15. The first-order chi connectivity index (χ1) is 11.1. The second-order valence-corrected chi connectivity index (χ2v) is 6.51. The summed E-state index contributed by atoms with van der Waals surface area (Å²) in [6, 6.07) is 8.07. The van der Waals surface area contributed by atoms with Gasteiger partial charge in [0.1, 0.15) is 11.9 Å². The van der Waals surface area contributed by atoms with Gasteiger partial charge in [0.2, 0.25) is 0 Å². The first kappa shape index (κ1) is 14.3. The molecule has 0 unspecified atom stereocenters. The Hall–Kier alpha value is -2.30. The molecule has 0 radical (unpaired) electrons. The van der Waals surface area contributed by atoms with Gasteiger partial charge in [0.05, 0.1) is 6.04 Å². The molecule has 1 amide bonds. The topological polar surface area (TPSA) is 58.2 Å². The SMILES string of the molecule is C[C@@H]([C@H]1Cc2ccccc2O1)N(C)C(=O)c1n[nH]c2c1CCC2. The quantitative estimate of drug-likeness (QED) is 0.946. The van der Waals surface area contributed by atoms with Gasteiger partial charge in [0, 0.05) is 24.7 Å². The molecular formula is C18H21N3O2. The Labute approximate surface area is 135 Å². The van der Waals surface area contributed by atoms with Crippen molar-refractivity contribution in [1.82, 2.24) is 15.1 Å². The third kappa shape index (κ3) is 2.31. The third-order valence-corrected chi connectivity index (χ3v) is 5.15. The molecule has 0 spiro atoms. The first-order valence-electron chi connectivity index (χ1n) is 8.23. The minimum Gasteiger partial charge on any atom is -0.488 e. The van der Waals surface area contributed by atoms with E-state index in [-0.39, 0.29) is 18.1 Å². The lowest BCUT2D eigenvalue weighted by Gasteiger charge is -2.29. The van der Waals surface area contributed by atoms with E-state index in [9.17, 15) is 4.79 Å². The molecule has 0 saturated carbocycles. The number of benzene rings is 1. The summed E-state index contributed by atoms with van der Waals surface area (Å²) in [4.78, 5) is 14.6. The summed E-state index contributed by atoms with van der Waals surface area (Å²) in [5.41, 5.74) is 4.02. The summed E-state index contributed by atoms with van der Waals surface area (Å²) >= 11 is 0. The molecule has 2 aromatic rings. The molecule has 5 heteroatoms. The van der Waals surface area contributed by atoms with Gasteiger partial charge in [0.25, 0.3) is 5.91 Å². The maximum atomic E-state index is 12.8. The highest BCUT2D eigenvalue weighted by Crippen LogP contribution is 2.31. The molecular weight excluding hydrogens is 290 g/mol. The van der Waals surface area contributed by atoms with Crippen molar-refractivity contribution in [2.45, 2.75) is 44.8 Å². The number of nitrogens with zero attached hydrogens (tertiary/aromatic N) is 2. The summed E-state index contributed by atoms with van der Waals surface area (Å²) in [6.45, 7) is 2.04. The van der Waals surface area contributed by atoms with Crippen molar-refractivity contribution in [2.75, 3.05) is 7.05 Å². The lowest BCUT2D eigenvalue weighted by Crippen LogP contribution is -2.45. The van der Waals surface area contributed by atoms with E-state index >= 15 is 0 Å². The van der Waals surface area contributed by atoms with Gasteiger partial charge >= 0.3 is 0 Å². The fourth-order valence-corrected chi connectivity index (χ4v) is 3.58. The largest absolute Gasteiger partial charge is 0.488 e. The zero-order chi connectivity index (χ0) is 16.0. The predicted octanol–water partition coefficient (Wildman–Crippen LogP) is 2.36. The molecule has 1 aliphatic carbocycles. The van der Waals surface area contributed by atoms with Gasteiger partial charge in [-0.1, -0.05) is 18.2 Å². The van der Waals surface area contributed by atoms with Crippen LogP contribution in [-0.4, -0.2) is 40.2 Å². The predicted molar refractivity (Wildman–Crippen MR) is 86.7 cm³/mol. The minimum absolute atomic E-state index is 0.00617. The van der Waals surface area contributed by atoms with Crippen molar-refractivity contribution < 1.29 is 9.53 Å². The van der Waals surface area contributed by atoms with Crippen LogP contribution in [0.25, 0.3) is 0 Å². The summed E-state index contributed by atoms with van der Waals surface area (Å²) < 4.78 is 6.03. The Bertz CT molecular complexity index is 727. The highest BCUT2D eigenvalue weighted by Gasteiger charge is 2.34. The van der Waals surface area contributed by atoms with Gasteiger partial charge in [-0.15, -0.1) is 0 Å². The van der Waals surface area contributed by atoms with Crippen LogP contribution in [0.1, 0.15) is 40.7 Å². The van der Waals surface area contributed by atoms with E-state index in [0.29, 0.717) is 5.69 Å². The number of para-hydroxylation sites is 1. The number of hydrogen-bond donors (Lipinski definition) is 1. The number of H-pyrrole nitrogens is 1. The number of carbonyl (C=O) groups is 1. The number of aromatic nitrogens is 2. The van der Waals surface area contributed by atoms with Gasteiger partial charge in [-0.25, -0.2) is 0 Å². The van der Waals surface area contributed by atoms with Crippen molar-refractivity contribution in [3.05, 3.63) is 46.8 Å². The molecule has 0 bridgehead atoms. The van der Waals surface area contributed by atoms with E-state index in [4.69, 9.17) is 4.74 Å². The van der Waals surface area contributed by atoms with Crippen LogP contribution in [-0.2, 0) is 19.3 Å². The van der Waals surface area contributed by atoms with Crippen LogP contribution in [0.15, 0.2) is 24.3 Å². The van der Waals surface area contributed by atoms with E-state index in [1.165, 1.54) is 5.56 Å². The molecule has 4 rings (SSSR count). The van der Waals surface area contributed by atoms with Crippen LogP contribution >= 0.6 is 0 Å². The van der Waals surface area contributed by atoms with Crippen molar-refractivity contribution in [1.29, 1.82) is 0 Å². The Morgan fingerprint density at radius 1 is 1.39 bits per heavy atom. The average Bonchev–Trinajstić information content (AvgIpc) is 3.26. The van der Waals surface area contributed by atoms with E-state index in [1.807, 2.05) is 32.2 Å². The normalized spacial score (nSPS) is 19.8. The lowest BCUT2D eigenvalue weighted by molar-refractivity contribution is 0.0591. The van der Waals surface area contributed by atoms with E-state index in [0.717, 1.165) is 42.7 Å². The second-order valence-electron chi connectivity index (χ2n) is 6.51. The molecule has 1 aromatic carbocycles. The molecule has 0 saturated heterocycles. The number of hydrogen-bond acceptors (Lipinski definition) is 3. The van der Waals surface area contributed by atoms with Crippen LogP contribution in [0.5, 0.6) is 5.75 Å². The first-order valence-corrected chi connectivity index (χ1v) is 8.23. The summed E-state index contributed by atoms with van der Waals surface area (Å²) in [6.07, 6.45) is 3.88. The Kier molecular flexibility index (Phi) is 3.36. The highest BCUT2D eigenvalue weighted by atomic mass is 16.5. The molecule has 2 aliphatic rings. The van der Waals surface area contributed by atoms with Gasteiger partial charge < -0.3 is 9.64 Å². The number of aryl methyl sites for hydroxylation is 1. The van der Waals surface area contributed by atoms with Crippen LogP contribution in [0.3, 0.4) is 0 Å². The number of amides is 1. The zero-order valence-electron chi connectivity index (χ0n) is 13.5. The van der Waals surface area contributed by atoms with Crippen molar-refractivity contribution >= 4 is 5.91 Å². The van der Waals surface area contributed by atoms with E-state index in [1.54, 1.807) is 4.90 Å². The standard InChI is InChI=1S/C18H21N3O2/c1-11(16-10-12-6-3-4-9-15(12)23-16)21(2)18(22)17-13-7-5-8-14(13)19-20-17/h3-4,6,9,11,16H,5,7-8,10H2,1-2H3,(H,19,20)/t11-,16+/m0/s1. The van der Waals surface area contributed by atoms with Gasteiger partial charge in [0.15, 0.2) is 5.69 Å². The van der Waals surface area contributed by atoms with Crippen LogP contribution in [0, 0.1) is 0 Å². The number of ether oxygens (including phenoxy) is 1. The smallest absolute Gasteiger partial charge is 0.274 e. The molecule has 1 aliphatic heterocycles. The highest BCUT2D eigenvalue weighted by molar-refractivity contribution is 5.94. The lowest BCUT2D eigenvalue weighted by atomic mass is 10.0. The Balaban J connectivity index is 1.50. The zero-order valence-corrected chi connectivity index (χ0v) is 13.5. The second kappa shape index (κ2) is 5.41. The van der Waals surface area contributed by atoms with Crippen molar-refractivity contribution in [2.24, 2.45) is 0 Å². The van der Waals surface area contributed by atoms with E-state index < -0.39 is 0 Å². The molecule has 120 valence electrons. The molecule has 0 fully saturated rings. The van der Waals surface area contributed by atoms with Crippen LogP contribution < -0.4 is 4.74 Å². The average molecular weight is 311 g/mol. The fourth-order valence-electron chi connectivity index (χ4n) is 3.58. The van der Waals surface area contributed by atoms with Crippen molar-refractivity contribution in [3.8, 4) is 5.75 Å². The summed E-state index contributed by atoms with van der Waals surface area (Å²) in [5.74, 6) is 0.919. The molecule has 5 nitrogen and oxygen atoms in total. The summed E-state index contributed by atoms with van der Waals surface area (Å²) in [7, 11) is 1.84. The maximum Gasteiger partial charge on any atom is 0.274 e. The van der Waals surface area contributed by atoms with E-state index in [2.05, 4.69) is 16.3 Å². The minimum atomic E-state index is -0.0172. The van der Waals surface area contributed by atoms with Crippen molar-refractivity contribution in [3.63, 3.8) is 0 Å². The Morgan fingerprint density at radius 3 is 3.04 bits per heavy atom. The van der Waals surface area contributed by atoms with Gasteiger partial charge in [-0.05, 0) is 37.8 Å². The number of aromatic amines is 1. The molecule has 1 N–H and O–H groups in total. The molecule has 2 heterocycles. The number of rotatable bonds is 3. The Morgan fingerprint density at radius 2 is 2.22 bits per heavy atom. The van der Waals surface area contributed by atoms with Gasteiger partial charge in [-0.3, -0.25) is 9.89 Å².